The molecule has 0 bridgehead atoms. The minimum atomic E-state index is -0.876. The lowest BCUT2D eigenvalue weighted by molar-refractivity contribution is -0.145. The predicted octanol–water partition coefficient (Wildman–Crippen LogP) is -1.05. The molecule has 0 unspecified atom stereocenters. The van der Waals surface area contributed by atoms with Gasteiger partial charge >= 0.3 is 11.8 Å². The third-order valence-electron chi connectivity index (χ3n) is 6.10. The van der Waals surface area contributed by atoms with Gasteiger partial charge < -0.3 is 20.4 Å². The molecule has 0 saturated carbocycles. The summed E-state index contributed by atoms with van der Waals surface area (Å²) in [6.07, 6.45) is 3.70. The average Bonchev–Trinajstić information content (AvgIpc) is 2.67. The Morgan fingerprint density at radius 2 is 1.50 bits per heavy atom. The Bertz CT molecular complexity index is 539. The first-order valence-electron chi connectivity index (χ1n) is 9.76. The van der Waals surface area contributed by atoms with Gasteiger partial charge in [-0.05, 0) is 39.3 Å². The molecule has 3 fully saturated rings. The predicted molar refractivity (Wildman–Crippen MR) is 97.2 cm³/mol. The van der Waals surface area contributed by atoms with Gasteiger partial charge in [-0.1, -0.05) is 0 Å². The zero-order valence-electron chi connectivity index (χ0n) is 15.7. The fourth-order valence-corrected chi connectivity index (χ4v) is 4.41. The van der Waals surface area contributed by atoms with Gasteiger partial charge in [-0.15, -0.1) is 0 Å². The van der Waals surface area contributed by atoms with Crippen LogP contribution in [0, 0.1) is 5.92 Å². The molecule has 0 spiro atoms. The lowest BCUT2D eigenvalue weighted by Crippen LogP contribution is -2.54. The van der Waals surface area contributed by atoms with Crippen LogP contribution >= 0.6 is 0 Å². The van der Waals surface area contributed by atoms with Crippen LogP contribution in [-0.4, -0.2) is 103 Å². The highest BCUT2D eigenvalue weighted by atomic mass is 16.2. The molecular weight excluding hydrogens is 334 g/mol. The number of piperidine rings is 2. The number of piperazine rings is 1. The summed E-state index contributed by atoms with van der Waals surface area (Å²) < 4.78 is 0. The van der Waals surface area contributed by atoms with Gasteiger partial charge in [-0.2, -0.15) is 0 Å². The number of nitrogens with zero attached hydrogens (tertiary/aromatic N) is 4. The maximum absolute atomic E-state index is 12.9. The van der Waals surface area contributed by atoms with E-state index in [-0.39, 0.29) is 5.92 Å². The highest BCUT2D eigenvalue weighted by Gasteiger charge is 2.35. The standard InChI is InChI=1S/C18H31N5O3/c1-20-9-11-22(12-10-20)17(25)14-3-2-6-23(13-14)15-4-7-21(8-5-15)18(26)16(19)24/h14-15H,2-13H2,1H3,(H2,19,24)/t14-/m0/s1. The summed E-state index contributed by atoms with van der Waals surface area (Å²) >= 11 is 0. The second-order valence-corrected chi connectivity index (χ2v) is 7.85. The first-order chi connectivity index (χ1) is 12.5. The van der Waals surface area contributed by atoms with E-state index in [1.165, 1.54) is 0 Å². The third kappa shape index (κ3) is 4.35. The molecule has 3 rings (SSSR count). The molecule has 8 heteroatoms. The van der Waals surface area contributed by atoms with Crippen LogP contribution < -0.4 is 5.73 Å². The Morgan fingerprint density at radius 3 is 2.12 bits per heavy atom. The summed E-state index contributed by atoms with van der Waals surface area (Å²) in [5, 5.41) is 0. The Kier molecular flexibility index (Phi) is 6.13. The second-order valence-electron chi connectivity index (χ2n) is 7.85. The van der Waals surface area contributed by atoms with Crippen LogP contribution in [0.15, 0.2) is 0 Å². The summed E-state index contributed by atoms with van der Waals surface area (Å²) in [6.45, 7) is 6.54. The lowest BCUT2D eigenvalue weighted by atomic mass is 9.92. The maximum atomic E-state index is 12.9. The molecule has 3 heterocycles. The number of nitrogens with two attached hydrogens (primary N) is 1. The molecule has 26 heavy (non-hydrogen) atoms. The SMILES string of the molecule is CN1CCN(C(=O)[C@H]2CCCN(C3CCN(C(=O)C(N)=O)CC3)C2)CC1. The molecule has 1 atom stereocenters. The van der Waals surface area contributed by atoms with Crippen molar-refractivity contribution in [3.63, 3.8) is 0 Å². The summed E-state index contributed by atoms with van der Waals surface area (Å²) in [4.78, 5) is 43.9. The molecule has 0 radical (unpaired) electrons. The van der Waals surface area contributed by atoms with Gasteiger partial charge in [0.05, 0.1) is 5.92 Å². The van der Waals surface area contributed by atoms with Gasteiger partial charge in [-0.3, -0.25) is 19.3 Å². The van der Waals surface area contributed by atoms with Crippen molar-refractivity contribution in [2.75, 3.05) is 59.4 Å². The van der Waals surface area contributed by atoms with Gasteiger partial charge in [-0.25, -0.2) is 0 Å². The van der Waals surface area contributed by atoms with Gasteiger partial charge in [0.2, 0.25) is 5.91 Å². The Labute approximate surface area is 155 Å². The van der Waals surface area contributed by atoms with Gasteiger partial charge in [0.25, 0.3) is 0 Å². The van der Waals surface area contributed by atoms with Gasteiger partial charge in [0, 0.05) is 51.9 Å². The van der Waals surface area contributed by atoms with E-state index in [9.17, 15) is 14.4 Å². The van der Waals surface area contributed by atoms with Crippen molar-refractivity contribution in [1.82, 2.24) is 19.6 Å². The summed E-state index contributed by atoms with van der Waals surface area (Å²) in [6, 6.07) is 0.384. The van der Waals surface area contributed by atoms with E-state index in [2.05, 4.69) is 16.8 Å². The number of hydrogen-bond donors (Lipinski definition) is 1. The lowest BCUT2D eigenvalue weighted by Gasteiger charge is -2.43. The Morgan fingerprint density at radius 1 is 0.846 bits per heavy atom. The van der Waals surface area contributed by atoms with E-state index < -0.39 is 11.8 Å². The largest absolute Gasteiger partial charge is 0.361 e. The van der Waals surface area contributed by atoms with Crippen molar-refractivity contribution in [3.8, 4) is 0 Å². The zero-order valence-corrected chi connectivity index (χ0v) is 15.7. The number of rotatable bonds is 2. The van der Waals surface area contributed by atoms with Crippen molar-refractivity contribution in [3.05, 3.63) is 0 Å². The molecule has 8 nitrogen and oxygen atoms in total. The van der Waals surface area contributed by atoms with E-state index in [0.29, 0.717) is 25.0 Å². The highest BCUT2D eigenvalue weighted by molar-refractivity contribution is 6.34. The Balaban J connectivity index is 1.50. The van der Waals surface area contributed by atoms with Crippen molar-refractivity contribution < 1.29 is 14.4 Å². The number of likely N-dealkylation sites (tertiary alicyclic amines) is 2. The van der Waals surface area contributed by atoms with Crippen molar-refractivity contribution >= 4 is 17.7 Å². The number of carbonyl (C=O) groups excluding carboxylic acids is 3. The molecule has 3 aliphatic heterocycles. The fraction of sp³-hybridized carbons (Fsp3) is 0.833. The molecule has 0 aromatic carbocycles. The van der Waals surface area contributed by atoms with Crippen molar-refractivity contribution in [1.29, 1.82) is 0 Å². The first-order valence-corrected chi connectivity index (χ1v) is 9.76. The molecule has 3 amide bonds. The van der Waals surface area contributed by atoms with E-state index in [4.69, 9.17) is 5.73 Å². The average molecular weight is 365 g/mol. The van der Waals surface area contributed by atoms with Crippen molar-refractivity contribution in [2.24, 2.45) is 11.7 Å². The number of amides is 3. The molecule has 3 aliphatic rings. The first kappa shape index (κ1) is 19.1. The topological polar surface area (TPSA) is 90.2 Å². The number of likely N-dealkylation sites (N-methyl/N-ethyl adjacent to an activating group) is 1. The summed E-state index contributed by atoms with van der Waals surface area (Å²) in [7, 11) is 2.10. The van der Waals surface area contributed by atoms with E-state index in [1.54, 1.807) is 4.90 Å². The van der Waals surface area contributed by atoms with E-state index in [1.807, 2.05) is 4.90 Å². The Hall–Kier alpha value is -1.67. The normalized spacial score (nSPS) is 26.7. The van der Waals surface area contributed by atoms with Crippen LogP contribution in [0.4, 0.5) is 0 Å². The summed E-state index contributed by atoms with van der Waals surface area (Å²) in [5.41, 5.74) is 5.09. The van der Waals surface area contributed by atoms with Crippen LogP contribution in [0.1, 0.15) is 25.7 Å². The van der Waals surface area contributed by atoms with Crippen LogP contribution in [-0.2, 0) is 14.4 Å². The molecular formula is C18H31N5O3. The second kappa shape index (κ2) is 8.35. The highest BCUT2D eigenvalue weighted by Crippen LogP contribution is 2.25. The van der Waals surface area contributed by atoms with Crippen LogP contribution in [0.3, 0.4) is 0 Å². The zero-order chi connectivity index (χ0) is 18.7. The number of primary amides is 1. The molecule has 146 valence electrons. The van der Waals surface area contributed by atoms with E-state index in [0.717, 1.165) is 65.0 Å². The smallest absolute Gasteiger partial charge is 0.311 e. The molecule has 0 aliphatic carbocycles. The fourth-order valence-electron chi connectivity index (χ4n) is 4.41. The van der Waals surface area contributed by atoms with E-state index >= 15 is 0 Å². The summed E-state index contributed by atoms with van der Waals surface area (Å²) in [5.74, 6) is -1.05. The minimum absolute atomic E-state index is 0.0948. The maximum Gasteiger partial charge on any atom is 0.311 e. The van der Waals surface area contributed by atoms with Crippen LogP contribution in [0.25, 0.3) is 0 Å². The molecule has 2 N–H and O–H groups in total. The third-order valence-corrected chi connectivity index (χ3v) is 6.10. The van der Waals surface area contributed by atoms with Gasteiger partial charge in [0.15, 0.2) is 0 Å². The minimum Gasteiger partial charge on any atom is -0.361 e. The number of hydrogen-bond acceptors (Lipinski definition) is 5. The monoisotopic (exact) mass is 365 g/mol. The molecule has 0 aromatic heterocycles. The van der Waals surface area contributed by atoms with Crippen LogP contribution in [0.2, 0.25) is 0 Å². The van der Waals surface area contributed by atoms with Crippen molar-refractivity contribution in [2.45, 2.75) is 31.7 Å². The molecule has 0 aromatic rings. The quantitative estimate of drug-likeness (QED) is 0.631. The molecule has 3 saturated heterocycles. The number of carbonyl (C=O) groups is 3. The van der Waals surface area contributed by atoms with Crippen LogP contribution in [0.5, 0.6) is 0 Å². The van der Waals surface area contributed by atoms with Gasteiger partial charge in [0.1, 0.15) is 0 Å².